The van der Waals surface area contributed by atoms with Gasteiger partial charge in [-0.15, -0.1) is 11.3 Å². The number of rotatable bonds is 8. The van der Waals surface area contributed by atoms with Gasteiger partial charge in [0, 0.05) is 22.5 Å². The van der Waals surface area contributed by atoms with Crippen molar-refractivity contribution in [3.8, 4) is 17.0 Å². The van der Waals surface area contributed by atoms with Crippen molar-refractivity contribution in [3.63, 3.8) is 0 Å². The third-order valence-electron chi connectivity index (χ3n) is 3.95. The largest absolute Gasteiger partial charge is 0.486 e. The van der Waals surface area contributed by atoms with Gasteiger partial charge in [-0.3, -0.25) is 9.59 Å². The Morgan fingerprint density at radius 3 is 2.46 bits per heavy atom. The van der Waals surface area contributed by atoms with Crippen LogP contribution in [0.5, 0.6) is 5.75 Å². The van der Waals surface area contributed by atoms with E-state index in [0.717, 1.165) is 21.1 Å². The molecule has 0 spiro atoms. The maximum absolute atomic E-state index is 11.7. The minimum absolute atomic E-state index is 0.0548. The van der Waals surface area contributed by atoms with E-state index in [1.807, 2.05) is 37.3 Å². The van der Waals surface area contributed by atoms with Gasteiger partial charge in [0.2, 0.25) is 5.91 Å². The van der Waals surface area contributed by atoms with Gasteiger partial charge >= 0.3 is 5.97 Å². The van der Waals surface area contributed by atoms with Crippen LogP contribution in [0.3, 0.4) is 0 Å². The van der Waals surface area contributed by atoms with Crippen LogP contribution in [0, 0.1) is 6.92 Å². The van der Waals surface area contributed by atoms with Crippen molar-refractivity contribution in [2.24, 2.45) is 0 Å². The number of aromatic nitrogens is 1. The highest BCUT2D eigenvalue weighted by atomic mass is 32.1. The number of carboxylic acid groups (broad SMARTS) is 1. The van der Waals surface area contributed by atoms with Gasteiger partial charge in [0.05, 0.1) is 12.1 Å². The number of nitrogens with one attached hydrogen (secondary N) is 1. The topological polar surface area (TPSA) is 88.5 Å². The Labute approximate surface area is 166 Å². The molecule has 7 heteroatoms. The lowest BCUT2D eigenvalue weighted by molar-refractivity contribution is -0.138. The molecular formula is C21H20N2O4S. The molecule has 6 nitrogen and oxygen atoms in total. The van der Waals surface area contributed by atoms with Crippen LogP contribution in [0.1, 0.15) is 22.7 Å². The van der Waals surface area contributed by atoms with Crippen LogP contribution in [0.4, 0.5) is 5.69 Å². The summed E-state index contributed by atoms with van der Waals surface area (Å²) in [4.78, 5) is 28.0. The average molecular weight is 396 g/mol. The zero-order valence-electron chi connectivity index (χ0n) is 15.3. The fourth-order valence-electron chi connectivity index (χ4n) is 2.60. The third-order valence-corrected chi connectivity index (χ3v) is 4.90. The SMILES string of the molecule is Cc1sc(COc2ccc(NC(=O)CCC(=O)O)cc2)nc1-c1ccccc1. The highest BCUT2D eigenvalue weighted by Crippen LogP contribution is 2.28. The van der Waals surface area contributed by atoms with Crippen LogP contribution < -0.4 is 10.1 Å². The Hall–Kier alpha value is -3.19. The molecule has 0 radical (unpaired) electrons. The maximum Gasteiger partial charge on any atom is 0.303 e. The molecule has 0 saturated carbocycles. The molecule has 0 fully saturated rings. The molecule has 1 amide bonds. The molecule has 0 aliphatic heterocycles. The molecule has 2 N–H and O–H groups in total. The van der Waals surface area contributed by atoms with E-state index in [2.05, 4.69) is 10.3 Å². The molecular weight excluding hydrogens is 376 g/mol. The molecule has 0 aliphatic carbocycles. The Kier molecular flexibility index (Phi) is 6.39. The summed E-state index contributed by atoms with van der Waals surface area (Å²) in [6, 6.07) is 17.0. The van der Waals surface area contributed by atoms with Gasteiger partial charge in [0.1, 0.15) is 17.4 Å². The molecule has 3 aromatic rings. The molecule has 28 heavy (non-hydrogen) atoms. The normalized spacial score (nSPS) is 10.5. The smallest absolute Gasteiger partial charge is 0.303 e. The van der Waals surface area contributed by atoms with Gasteiger partial charge in [0.15, 0.2) is 0 Å². The summed E-state index contributed by atoms with van der Waals surface area (Å²) in [5, 5.41) is 12.2. The van der Waals surface area contributed by atoms with Gasteiger partial charge in [-0.1, -0.05) is 30.3 Å². The number of hydrogen-bond donors (Lipinski definition) is 2. The summed E-state index contributed by atoms with van der Waals surface area (Å²) in [5.41, 5.74) is 2.66. The molecule has 0 saturated heterocycles. The predicted octanol–water partition coefficient (Wildman–Crippen LogP) is 4.50. The predicted molar refractivity (Wildman–Crippen MR) is 109 cm³/mol. The fourth-order valence-corrected chi connectivity index (χ4v) is 3.47. The lowest BCUT2D eigenvalue weighted by Gasteiger charge is -2.07. The number of nitrogens with zero attached hydrogens (tertiary/aromatic N) is 1. The van der Waals surface area contributed by atoms with Crippen LogP contribution in [-0.2, 0) is 16.2 Å². The van der Waals surface area contributed by atoms with E-state index in [4.69, 9.17) is 9.84 Å². The van der Waals surface area contributed by atoms with E-state index in [1.165, 1.54) is 0 Å². The molecule has 144 valence electrons. The number of hydrogen-bond acceptors (Lipinski definition) is 5. The van der Waals surface area contributed by atoms with Crippen molar-refractivity contribution in [2.45, 2.75) is 26.4 Å². The van der Waals surface area contributed by atoms with Crippen molar-refractivity contribution < 1.29 is 19.4 Å². The summed E-state index contributed by atoms with van der Waals surface area (Å²) < 4.78 is 5.79. The van der Waals surface area contributed by atoms with E-state index in [-0.39, 0.29) is 18.7 Å². The standard InChI is InChI=1S/C21H20N2O4S/c1-14-21(15-5-3-2-4-6-15)23-19(28-14)13-27-17-9-7-16(8-10-17)22-18(24)11-12-20(25)26/h2-10H,11-13H2,1H3,(H,22,24)(H,25,26). The second-order valence-electron chi connectivity index (χ2n) is 6.13. The number of anilines is 1. The highest BCUT2D eigenvalue weighted by molar-refractivity contribution is 7.12. The highest BCUT2D eigenvalue weighted by Gasteiger charge is 2.10. The molecule has 0 bridgehead atoms. The first-order valence-electron chi connectivity index (χ1n) is 8.77. The average Bonchev–Trinajstić information content (AvgIpc) is 3.07. The molecule has 2 aromatic carbocycles. The first-order valence-corrected chi connectivity index (χ1v) is 9.59. The van der Waals surface area contributed by atoms with Gasteiger partial charge in [-0.2, -0.15) is 0 Å². The second kappa shape index (κ2) is 9.14. The lowest BCUT2D eigenvalue weighted by atomic mass is 10.1. The molecule has 3 rings (SSSR count). The summed E-state index contributed by atoms with van der Waals surface area (Å²) in [6.07, 6.45) is -0.244. The number of ether oxygens (including phenoxy) is 1. The zero-order chi connectivity index (χ0) is 19.9. The number of amides is 1. The number of carbonyl (C=O) groups is 2. The van der Waals surface area contributed by atoms with Crippen LogP contribution in [-0.4, -0.2) is 22.0 Å². The van der Waals surface area contributed by atoms with Crippen molar-refractivity contribution in [1.29, 1.82) is 0 Å². The number of carbonyl (C=O) groups excluding carboxylic acids is 1. The quantitative estimate of drug-likeness (QED) is 0.585. The van der Waals surface area contributed by atoms with Gasteiger partial charge < -0.3 is 15.2 Å². The second-order valence-corrected chi connectivity index (χ2v) is 7.42. The minimum atomic E-state index is -0.994. The Morgan fingerprint density at radius 1 is 1.07 bits per heavy atom. The first-order chi connectivity index (χ1) is 13.5. The van der Waals surface area contributed by atoms with E-state index >= 15 is 0 Å². The summed E-state index contributed by atoms with van der Waals surface area (Å²) in [6.45, 7) is 2.41. The Balaban J connectivity index is 1.55. The van der Waals surface area contributed by atoms with E-state index in [0.29, 0.717) is 18.0 Å². The number of thiazole rings is 1. The van der Waals surface area contributed by atoms with Crippen molar-refractivity contribution in [2.75, 3.05) is 5.32 Å². The summed E-state index contributed by atoms with van der Waals surface area (Å²) >= 11 is 1.61. The van der Waals surface area contributed by atoms with Gasteiger partial charge in [0.25, 0.3) is 0 Å². The molecule has 1 aromatic heterocycles. The summed E-state index contributed by atoms with van der Waals surface area (Å²) in [7, 11) is 0. The summed E-state index contributed by atoms with van der Waals surface area (Å²) in [5.74, 6) is -0.660. The fraction of sp³-hybridized carbons (Fsp3) is 0.190. The molecule has 0 aliphatic rings. The monoisotopic (exact) mass is 396 g/mol. The molecule has 0 unspecified atom stereocenters. The van der Waals surface area contributed by atoms with E-state index in [9.17, 15) is 9.59 Å². The van der Waals surface area contributed by atoms with Crippen LogP contribution >= 0.6 is 11.3 Å². The van der Waals surface area contributed by atoms with E-state index < -0.39 is 5.97 Å². The van der Waals surface area contributed by atoms with Crippen LogP contribution in [0.15, 0.2) is 54.6 Å². The number of carboxylic acids is 1. The Bertz CT molecular complexity index is 952. The van der Waals surface area contributed by atoms with Gasteiger partial charge in [-0.05, 0) is 31.2 Å². The minimum Gasteiger partial charge on any atom is -0.486 e. The van der Waals surface area contributed by atoms with Gasteiger partial charge in [-0.25, -0.2) is 4.98 Å². The van der Waals surface area contributed by atoms with Crippen molar-refractivity contribution in [1.82, 2.24) is 4.98 Å². The van der Waals surface area contributed by atoms with Crippen LogP contribution in [0.25, 0.3) is 11.3 Å². The lowest BCUT2D eigenvalue weighted by Crippen LogP contribution is -2.13. The number of aryl methyl sites for hydroxylation is 1. The number of benzene rings is 2. The maximum atomic E-state index is 11.7. The van der Waals surface area contributed by atoms with E-state index in [1.54, 1.807) is 35.6 Å². The number of aliphatic carboxylic acids is 1. The molecule has 0 atom stereocenters. The first kappa shape index (κ1) is 19.6. The Morgan fingerprint density at radius 2 is 1.79 bits per heavy atom. The van der Waals surface area contributed by atoms with Crippen molar-refractivity contribution >= 4 is 28.9 Å². The molecule has 1 heterocycles. The third kappa shape index (κ3) is 5.40. The van der Waals surface area contributed by atoms with Crippen LogP contribution in [0.2, 0.25) is 0 Å². The van der Waals surface area contributed by atoms with Crippen molar-refractivity contribution in [3.05, 3.63) is 64.5 Å². The zero-order valence-corrected chi connectivity index (χ0v) is 16.2.